The predicted molar refractivity (Wildman–Crippen MR) is 171 cm³/mol. The first kappa shape index (κ1) is 32.9. The van der Waals surface area contributed by atoms with Crippen molar-refractivity contribution >= 4 is 5.97 Å². The summed E-state index contributed by atoms with van der Waals surface area (Å²) in [6, 6.07) is 13.3. The molecule has 3 heterocycles. The van der Waals surface area contributed by atoms with Crippen molar-refractivity contribution in [3.05, 3.63) is 82.0 Å². The molecule has 0 saturated heterocycles. The molecule has 3 aliphatic rings. The number of carbonyl (C=O) groups excluding carboxylic acids is 1. The Bertz CT molecular complexity index is 1720. The van der Waals surface area contributed by atoms with Crippen molar-refractivity contribution in [3.8, 4) is 23.1 Å². The van der Waals surface area contributed by atoms with Crippen molar-refractivity contribution in [2.75, 3.05) is 13.2 Å². The van der Waals surface area contributed by atoms with E-state index in [4.69, 9.17) is 18.6 Å². The number of nitriles is 1. The lowest BCUT2D eigenvalue weighted by Gasteiger charge is -2.66. The van der Waals surface area contributed by atoms with Gasteiger partial charge in [-0.2, -0.15) is 5.26 Å². The minimum atomic E-state index is -1.31. The second-order valence-corrected chi connectivity index (χ2v) is 13.9. The number of aromatic nitrogens is 1. The molecule has 0 amide bonds. The summed E-state index contributed by atoms with van der Waals surface area (Å²) in [5.74, 6) is -1.20. The summed E-state index contributed by atoms with van der Waals surface area (Å²) in [4.78, 5) is 31.4. The van der Waals surface area contributed by atoms with Gasteiger partial charge in [-0.3, -0.25) is 4.98 Å². The first-order valence-corrected chi connectivity index (χ1v) is 16.4. The van der Waals surface area contributed by atoms with Gasteiger partial charge in [0.25, 0.3) is 0 Å². The van der Waals surface area contributed by atoms with Crippen LogP contribution < -0.4 is 10.4 Å². The number of rotatable bonds is 8. The smallest absolute Gasteiger partial charge is 0.345 e. The molecule has 2 saturated carbocycles. The van der Waals surface area contributed by atoms with Gasteiger partial charge in [-0.1, -0.05) is 27.2 Å². The minimum absolute atomic E-state index is 0.0196. The summed E-state index contributed by atoms with van der Waals surface area (Å²) in [5.41, 5.74) is -2.11. The third kappa shape index (κ3) is 5.44. The average Bonchev–Trinajstić information content (AvgIpc) is 3.06. The molecule has 0 bridgehead atoms. The fourth-order valence-corrected chi connectivity index (χ4v) is 8.73. The summed E-state index contributed by atoms with van der Waals surface area (Å²) in [6.07, 6.45) is 4.21. The molecule has 10 nitrogen and oxygen atoms in total. The second kappa shape index (κ2) is 12.5. The Hall–Kier alpha value is -4.04. The van der Waals surface area contributed by atoms with Crippen LogP contribution in [0, 0.1) is 34.0 Å². The Balaban J connectivity index is 1.46. The Kier molecular flexibility index (Phi) is 8.77. The van der Waals surface area contributed by atoms with Crippen LogP contribution in [0.15, 0.2) is 64.1 Å². The van der Waals surface area contributed by atoms with E-state index in [-0.39, 0.29) is 41.3 Å². The zero-order chi connectivity index (χ0) is 33.6. The maximum atomic E-state index is 13.7. The quantitative estimate of drug-likeness (QED) is 0.234. The van der Waals surface area contributed by atoms with Crippen LogP contribution in [-0.2, 0) is 9.47 Å². The fourth-order valence-electron chi connectivity index (χ4n) is 8.73. The molecule has 47 heavy (non-hydrogen) atoms. The lowest BCUT2D eigenvalue weighted by Crippen LogP contribution is -2.71. The molecule has 3 aromatic rings. The Morgan fingerprint density at radius 2 is 1.94 bits per heavy atom. The van der Waals surface area contributed by atoms with Crippen LogP contribution in [0.3, 0.4) is 0 Å². The van der Waals surface area contributed by atoms with Crippen LogP contribution in [0.2, 0.25) is 0 Å². The normalized spacial score (nSPS) is 32.6. The standard InChI is InChI=1S/C37H42N2O8/c1-5-6-16-44-28-13-14-35(2)27(36(28,3)21-40)18-29(46-33(42)23-11-9-22(19-38)10-12-23)37(4)32(35)31(41)30-26(47-37)17-25(45-34(30)43)24-8-7-15-39-20-24/h7-12,15,17,20,27-29,31-32,40-41H,5-6,13-14,16,18,21H2,1-4H3/t27?,28-,29-,31-,32?,35-,36-,37+/m0/s1. The summed E-state index contributed by atoms with van der Waals surface area (Å²) < 4.78 is 25.2. The number of benzene rings is 1. The number of pyridine rings is 1. The van der Waals surface area contributed by atoms with Gasteiger partial charge in [0, 0.05) is 42.0 Å². The minimum Gasteiger partial charge on any atom is -0.482 e. The molecule has 2 N–H and O–H groups in total. The Morgan fingerprint density at radius 3 is 2.60 bits per heavy atom. The molecule has 10 heteroatoms. The monoisotopic (exact) mass is 642 g/mol. The molecule has 8 atom stereocenters. The van der Waals surface area contributed by atoms with Crippen LogP contribution >= 0.6 is 0 Å². The summed E-state index contributed by atoms with van der Waals surface area (Å²) in [6.45, 7) is 8.41. The largest absolute Gasteiger partial charge is 0.482 e. The number of unbranched alkanes of at least 4 members (excludes halogenated alkanes) is 1. The maximum Gasteiger partial charge on any atom is 0.345 e. The lowest BCUT2D eigenvalue weighted by atomic mass is 9.42. The molecular weight excluding hydrogens is 600 g/mol. The zero-order valence-electron chi connectivity index (χ0n) is 27.3. The summed E-state index contributed by atoms with van der Waals surface area (Å²) in [5, 5.41) is 32.5. The molecule has 0 spiro atoms. The van der Waals surface area contributed by atoms with Crippen LogP contribution in [0.25, 0.3) is 11.3 Å². The first-order chi connectivity index (χ1) is 22.5. The van der Waals surface area contributed by atoms with Gasteiger partial charge in [0.05, 0.1) is 36.0 Å². The van der Waals surface area contributed by atoms with E-state index in [0.717, 1.165) is 12.8 Å². The van der Waals surface area contributed by atoms with E-state index >= 15 is 0 Å². The molecule has 2 fully saturated rings. The number of ether oxygens (including phenoxy) is 3. The van der Waals surface area contributed by atoms with E-state index in [1.54, 1.807) is 54.9 Å². The van der Waals surface area contributed by atoms with Gasteiger partial charge in [-0.05, 0) is 80.3 Å². The highest BCUT2D eigenvalue weighted by atomic mass is 16.6. The number of nitrogens with zero attached hydrogens (tertiary/aromatic N) is 2. The Labute approximate surface area is 274 Å². The van der Waals surface area contributed by atoms with E-state index in [0.29, 0.717) is 37.0 Å². The second-order valence-electron chi connectivity index (χ2n) is 13.9. The highest BCUT2D eigenvalue weighted by Crippen LogP contribution is 2.67. The van der Waals surface area contributed by atoms with Crippen molar-refractivity contribution in [2.24, 2.45) is 22.7 Å². The number of carbonyl (C=O) groups is 1. The van der Waals surface area contributed by atoms with E-state index in [2.05, 4.69) is 24.9 Å². The Morgan fingerprint density at radius 1 is 1.17 bits per heavy atom. The molecule has 2 aliphatic carbocycles. The van der Waals surface area contributed by atoms with Gasteiger partial charge in [-0.25, -0.2) is 9.59 Å². The van der Waals surface area contributed by atoms with Crippen molar-refractivity contribution < 1.29 is 33.6 Å². The van der Waals surface area contributed by atoms with Crippen molar-refractivity contribution in [1.29, 1.82) is 5.26 Å². The van der Waals surface area contributed by atoms with Crippen molar-refractivity contribution in [1.82, 2.24) is 4.98 Å². The van der Waals surface area contributed by atoms with Gasteiger partial charge in [0.2, 0.25) is 0 Å². The predicted octanol–water partition coefficient (Wildman–Crippen LogP) is 5.60. The summed E-state index contributed by atoms with van der Waals surface area (Å²) >= 11 is 0. The van der Waals surface area contributed by atoms with Crippen molar-refractivity contribution in [3.63, 3.8) is 0 Å². The number of aliphatic hydroxyl groups is 2. The fraction of sp³-hybridized carbons (Fsp3) is 0.514. The molecular formula is C37H42N2O8. The van der Waals surface area contributed by atoms with E-state index in [9.17, 15) is 25.1 Å². The van der Waals surface area contributed by atoms with Gasteiger partial charge in [0.15, 0.2) is 0 Å². The summed E-state index contributed by atoms with van der Waals surface area (Å²) in [7, 11) is 0. The topological polar surface area (TPSA) is 152 Å². The molecule has 248 valence electrons. The third-order valence-corrected chi connectivity index (χ3v) is 11.2. The van der Waals surface area contributed by atoms with Gasteiger partial charge in [-0.15, -0.1) is 0 Å². The highest BCUT2D eigenvalue weighted by Gasteiger charge is 2.70. The van der Waals surface area contributed by atoms with Crippen molar-refractivity contribution in [2.45, 2.75) is 83.7 Å². The van der Waals surface area contributed by atoms with E-state index in [1.807, 2.05) is 13.8 Å². The van der Waals surface area contributed by atoms with E-state index < -0.39 is 46.2 Å². The van der Waals surface area contributed by atoms with Crippen LogP contribution in [0.4, 0.5) is 0 Å². The van der Waals surface area contributed by atoms with Gasteiger partial charge in [0.1, 0.15) is 28.8 Å². The maximum absolute atomic E-state index is 13.7. The highest BCUT2D eigenvalue weighted by molar-refractivity contribution is 5.89. The number of hydrogen-bond donors (Lipinski definition) is 2. The van der Waals surface area contributed by atoms with Gasteiger partial charge >= 0.3 is 11.6 Å². The molecule has 2 unspecified atom stereocenters. The zero-order valence-corrected chi connectivity index (χ0v) is 27.3. The average molecular weight is 643 g/mol. The molecule has 0 radical (unpaired) electrons. The SMILES string of the molecule is CCCCO[C@H]1CC[C@@]2(C)C(C[C@H](OC(=O)c3ccc(C#N)cc3)[C@@]3(C)Oc4cc(-c5cccnc5)oc(=O)c4[C@H](O)C23)[C@]1(C)CO. The molecule has 1 aromatic carbocycles. The number of hydrogen-bond acceptors (Lipinski definition) is 10. The first-order valence-electron chi connectivity index (χ1n) is 16.4. The lowest BCUT2D eigenvalue weighted by molar-refractivity contribution is -0.268. The van der Waals surface area contributed by atoms with Crippen LogP contribution in [0.5, 0.6) is 5.75 Å². The van der Waals surface area contributed by atoms with Crippen LogP contribution in [0.1, 0.15) is 87.4 Å². The third-order valence-electron chi connectivity index (χ3n) is 11.2. The number of esters is 1. The van der Waals surface area contributed by atoms with Crippen LogP contribution in [-0.4, -0.2) is 52.2 Å². The molecule has 6 rings (SSSR count). The number of aliphatic hydroxyl groups excluding tert-OH is 2. The van der Waals surface area contributed by atoms with Gasteiger partial charge < -0.3 is 28.8 Å². The molecule has 1 aliphatic heterocycles. The number of fused-ring (bicyclic) bond motifs is 4. The molecule has 2 aromatic heterocycles. The van der Waals surface area contributed by atoms with E-state index in [1.165, 1.54) is 0 Å².